The van der Waals surface area contributed by atoms with Gasteiger partial charge in [-0.2, -0.15) is 0 Å². The van der Waals surface area contributed by atoms with Gasteiger partial charge in [-0.15, -0.1) is 0 Å². The van der Waals surface area contributed by atoms with E-state index in [0.29, 0.717) is 31.2 Å². The molecule has 0 saturated carbocycles. The third kappa shape index (κ3) is 3.71. The van der Waals surface area contributed by atoms with Gasteiger partial charge in [-0.05, 0) is 31.2 Å². The minimum atomic E-state index is -1.10. The van der Waals surface area contributed by atoms with Crippen molar-refractivity contribution in [2.75, 3.05) is 19.7 Å². The van der Waals surface area contributed by atoms with Crippen LogP contribution < -0.4 is 9.47 Å². The molecular formula is C18H18N2O5. The summed E-state index contributed by atoms with van der Waals surface area (Å²) in [6, 6.07) is 10.00. The minimum Gasteiger partial charge on any atom is -0.486 e. The molecule has 3 rings (SSSR count). The molecule has 1 N–H and O–H groups in total. The summed E-state index contributed by atoms with van der Waals surface area (Å²) in [5.41, 5.74) is 0.124. The Morgan fingerprint density at radius 2 is 2.04 bits per heavy atom. The molecule has 0 bridgehead atoms. The second-order valence-electron chi connectivity index (χ2n) is 5.58. The van der Waals surface area contributed by atoms with Crippen LogP contribution in [0.4, 0.5) is 0 Å². The SMILES string of the molecule is CCN(CC1COc2ccccc2O1)C(=O)c1cc(C(=O)O)ccn1. The summed E-state index contributed by atoms with van der Waals surface area (Å²) in [5, 5.41) is 9.05. The Kier molecular flexibility index (Phi) is 4.83. The fraction of sp³-hybridized carbons (Fsp3) is 0.278. The van der Waals surface area contributed by atoms with E-state index in [1.165, 1.54) is 18.3 Å². The van der Waals surface area contributed by atoms with Crippen LogP contribution in [-0.4, -0.2) is 52.7 Å². The number of benzene rings is 1. The number of fused-ring (bicyclic) bond motifs is 1. The lowest BCUT2D eigenvalue weighted by atomic mass is 10.2. The maximum absolute atomic E-state index is 12.6. The van der Waals surface area contributed by atoms with Crippen molar-refractivity contribution in [2.45, 2.75) is 13.0 Å². The Balaban J connectivity index is 1.71. The summed E-state index contributed by atoms with van der Waals surface area (Å²) < 4.78 is 11.5. The second-order valence-corrected chi connectivity index (χ2v) is 5.58. The molecule has 1 aliphatic heterocycles. The van der Waals surface area contributed by atoms with E-state index in [-0.39, 0.29) is 23.3 Å². The van der Waals surface area contributed by atoms with Crippen molar-refractivity contribution in [3.63, 3.8) is 0 Å². The van der Waals surface area contributed by atoms with Crippen molar-refractivity contribution >= 4 is 11.9 Å². The average Bonchev–Trinajstić information content (AvgIpc) is 2.65. The fourth-order valence-corrected chi connectivity index (χ4v) is 2.60. The number of rotatable bonds is 5. The van der Waals surface area contributed by atoms with Gasteiger partial charge in [-0.1, -0.05) is 12.1 Å². The van der Waals surface area contributed by atoms with Gasteiger partial charge >= 0.3 is 5.97 Å². The number of nitrogens with zero attached hydrogens (tertiary/aromatic N) is 2. The number of ether oxygens (including phenoxy) is 2. The van der Waals surface area contributed by atoms with E-state index in [9.17, 15) is 9.59 Å². The van der Waals surface area contributed by atoms with Gasteiger partial charge in [-0.3, -0.25) is 9.78 Å². The van der Waals surface area contributed by atoms with Gasteiger partial charge in [0.1, 0.15) is 12.3 Å². The Labute approximate surface area is 144 Å². The summed E-state index contributed by atoms with van der Waals surface area (Å²) in [5.74, 6) is -0.106. The zero-order chi connectivity index (χ0) is 17.8. The molecule has 2 aromatic rings. The predicted octanol–water partition coefficient (Wildman–Crippen LogP) is 2.08. The number of pyridine rings is 1. The first-order chi connectivity index (χ1) is 12.1. The molecule has 1 unspecified atom stereocenters. The number of aromatic nitrogens is 1. The number of aromatic carboxylic acids is 1. The van der Waals surface area contributed by atoms with E-state index in [1.807, 2.05) is 31.2 Å². The Morgan fingerprint density at radius 3 is 2.76 bits per heavy atom. The van der Waals surface area contributed by atoms with Gasteiger partial charge in [0, 0.05) is 12.7 Å². The van der Waals surface area contributed by atoms with Crippen LogP contribution in [0.15, 0.2) is 42.6 Å². The maximum Gasteiger partial charge on any atom is 0.335 e. The number of amides is 1. The van der Waals surface area contributed by atoms with E-state index in [1.54, 1.807) is 4.90 Å². The third-order valence-corrected chi connectivity index (χ3v) is 3.89. The summed E-state index contributed by atoms with van der Waals surface area (Å²) in [6.07, 6.45) is 1.02. The minimum absolute atomic E-state index is 0.0283. The van der Waals surface area contributed by atoms with E-state index < -0.39 is 5.97 Å². The van der Waals surface area contributed by atoms with Crippen LogP contribution >= 0.6 is 0 Å². The number of hydrogen-bond acceptors (Lipinski definition) is 5. The van der Waals surface area contributed by atoms with Crippen LogP contribution in [-0.2, 0) is 0 Å². The Morgan fingerprint density at radius 1 is 1.28 bits per heavy atom. The molecule has 7 heteroatoms. The van der Waals surface area contributed by atoms with Crippen LogP contribution in [0.1, 0.15) is 27.8 Å². The smallest absolute Gasteiger partial charge is 0.335 e. The maximum atomic E-state index is 12.6. The molecule has 7 nitrogen and oxygen atoms in total. The highest BCUT2D eigenvalue weighted by molar-refractivity contribution is 5.95. The standard InChI is InChI=1S/C18H18N2O5/c1-2-20(17(21)14-9-12(18(22)23)7-8-19-14)10-13-11-24-15-5-3-4-6-16(15)25-13/h3-9,13H,2,10-11H2,1H3,(H,22,23). The van der Waals surface area contributed by atoms with E-state index >= 15 is 0 Å². The number of para-hydroxylation sites is 2. The average molecular weight is 342 g/mol. The van der Waals surface area contributed by atoms with Crippen LogP contribution in [0.25, 0.3) is 0 Å². The van der Waals surface area contributed by atoms with Gasteiger partial charge in [-0.25, -0.2) is 4.79 Å². The van der Waals surface area contributed by atoms with Gasteiger partial charge in [0.15, 0.2) is 17.6 Å². The molecule has 1 aromatic carbocycles. The molecule has 2 heterocycles. The number of carbonyl (C=O) groups excluding carboxylic acids is 1. The molecular weight excluding hydrogens is 324 g/mol. The third-order valence-electron chi connectivity index (χ3n) is 3.89. The topological polar surface area (TPSA) is 89.0 Å². The van der Waals surface area contributed by atoms with Gasteiger partial charge in [0.25, 0.3) is 5.91 Å². The van der Waals surface area contributed by atoms with Crippen molar-refractivity contribution < 1.29 is 24.2 Å². The van der Waals surface area contributed by atoms with Crippen LogP contribution in [0.2, 0.25) is 0 Å². The zero-order valence-corrected chi connectivity index (χ0v) is 13.7. The molecule has 130 valence electrons. The van der Waals surface area contributed by atoms with Crippen LogP contribution in [0.5, 0.6) is 11.5 Å². The van der Waals surface area contributed by atoms with Crippen molar-refractivity contribution in [3.05, 3.63) is 53.9 Å². The van der Waals surface area contributed by atoms with Crippen molar-refractivity contribution in [1.82, 2.24) is 9.88 Å². The lowest BCUT2D eigenvalue weighted by molar-refractivity contribution is 0.0471. The molecule has 0 aliphatic carbocycles. The summed E-state index contributed by atoms with van der Waals surface area (Å²) in [4.78, 5) is 29.3. The normalized spacial score (nSPS) is 15.5. The second kappa shape index (κ2) is 7.21. The highest BCUT2D eigenvalue weighted by Gasteiger charge is 2.26. The number of carboxylic acids is 1. The first-order valence-corrected chi connectivity index (χ1v) is 7.95. The van der Waals surface area contributed by atoms with Gasteiger partial charge in [0.05, 0.1) is 12.1 Å². The van der Waals surface area contributed by atoms with Crippen LogP contribution in [0.3, 0.4) is 0 Å². The summed E-state index contributed by atoms with van der Waals surface area (Å²) in [6.45, 7) is 2.95. The largest absolute Gasteiger partial charge is 0.486 e. The van der Waals surface area contributed by atoms with Crippen molar-refractivity contribution in [3.8, 4) is 11.5 Å². The predicted molar refractivity (Wildman–Crippen MR) is 89.1 cm³/mol. The molecule has 0 radical (unpaired) electrons. The fourth-order valence-electron chi connectivity index (χ4n) is 2.60. The summed E-state index contributed by atoms with van der Waals surface area (Å²) in [7, 11) is 0. The lowest BCUT2D eigenvalue weighted by Crippen LogP contribution is -2.43. The molecule has 1 aromatic heterocycles. The van der Waals surface area contributed by atoms with Crippen molar-refractivity contribution in [1.29, 1.82) is 0 Å². The Hall–Kier alpha value is -3.09. The van der Waals surface area contributed by atoms with Gasteiger partial charge < -0.3 is 19.5 Å². The molecule has 0 spiro atoms. The molecule has 0 fully saturated rings. The highest BCUT2D eigenvalue weighted by atomic mass is 16.6. The van der Waals surface area contributed by atoms with Gasteiger partial charge in [0.2, 0.25) is 0 Å². The van der Waals surface area contributed by atoms with E-state index in [4.69, 9.17) is 14.6 Å². The summed E-state index contributed by atoms with van der Waals surface area (Å²) >= 11 is 0. The quantitative estimate of drug-likeness (QED) is 0.895. The molecule has 25 heavy (non-hydrogen) atoms. The number of carboxylic acid groups (broad SMARTS) is 1. The highest BCUT2D eigenvalue weighted by Crippen LogP contribution is 2.31. The first-order valence-electron chi connectivity index (χ1n) is 7.95. The monoisotopic (exact) mass is 342 g/mol. The number of carbonyl (C=O) groups is 2. The Bertz CT molecular complexity index is 793. The lowest BCUT2D eigenvalue weighted by Gasteiger charge is -2.30. The zero-order valence-electron chi connectivity index (χ0n) is 13.7. The van der Waals surface area contributed by atoms with Crippen molar-refractivity contribution in [2.24, 2.45) is 0 Å². The molecule has 1 atom stereocenters. The first kappa shape index (κ1) is 16.8. The number of likely N-dealkylation sites (N-methyl/N-ethyl adjacent to an activating group) is 1. The molecule has 1 amide bonds. The molecule has 1 aliphatic rings. The van der Waals surface area contributed by atoms with E-state index in [0.717, 1.165) is 0 Å². The van der Waals surface area contributed by atoms with E-state index in [2.05, 4.69) is 4.98 Å². The van der Waals surface area contributed by atoms with Crippen LogP contribution in [0, 0.1) is 0 Å². The number of hydrogen-bond donors (Lipinski definition) is 1. The molecule has 0 saturated heterocycles.